The molecule has 5 heteroatoms. The molecule has 0 bridgehead atoms. The van der Waals surface area contributed by atoms with Gasteiger partial charge in [0.25, 0.3) is 0 Å². The normalized spacial score (nSPS) is 15.9. The predicted molar refractivity (Wildman–Crippen MR) is 62.9 cm³/mol. The third-order valence-electron chi connectivity index (χ3n) is 3.23. The van der Waals surface area contributed by atoms with Crippen molar-refractivity contribution in [2.24, 2.45) is 13.0 Å². The van der Waals surface area contributed by atoms with Crippen LogP contribution in [0.25, 0.3) is 0 Å². The van der Waals surface area contributed by atoms with Crippen molar-refractivity contribution in [3.05, 3.63) is 5.69 Å². The lowest BCUT2D eigenvalue weighted by Gasteiger charge is -2.24. The van der Waals surface area contributed by atoms with Gasteiger partial charge in [0.15, 0.2) is 5.82 Å². The molecular formula is C11H18N4O. The Morgan fingerprint density at radius 1 is 1.62 bits per heavy atom. The molecule has 88 valence electrons. The van der Waals surface area contributed by atoms with Crippen LogP contribution in [0.15, 0.2) is 0 Å². The number of hydrogen-bond donors (Lipinski definition) is 2. The van der Waals surface area contributed by atoms with E-state index in [1.807, 2.05) is 6.92 Å². The number of carbonyl (C=O) groups excluding carboxylic acids is 1. The minimum Gasteiger partial charge on any atom is -0.394 e. The largest absolute Gasteiger partial charge is 0.394 e. The molecule has 1 aliphatic carbocycles. The molecule has 1 heterocycles. The Kier molecular flexibility index (Phi) is 2.85. The van der Waals surface area contributed by atoms with Crippen molar-refractivity contribution >= 4 is 17.4 Å². The molecule has 0 aromatic carbocycles. The SMILES string of the molecule is Cc1nn(C)c(NC(=O)CC2CCC2)c1N. The van der Waals surface area contributed by atoms with E-state index in [-0.39, 0.29) is 5.91 Å². The Hall–Kier alpha value is -1.52. The molecule has 1 fully saturated rings. The minimum atomic E-state index is 0.0411. The van der Waals surface area contributed by atoms with Gasteiger partial charge in [0.2, 0.25) is 5.91 Å². The van der Waals surface area contributed by atoms with Crippen LogP contribution in [0.5, 0.6) is 0 Å². The van der Waals surface area contributed by atoms with Crippen LogP contribution in [0, 0.1) is 12.8 Å². The van der Waals surface area contributed by atoms with E-state index < -0.39 is 0 Å². The standard InChI is InChI=1S/C11H18N4O/c1-7-10(12)11(15(2)14-7)13-9(16)6-8-4-3-5-8/h8H,3-6,12H2,1-2H3,(H,13,16). The van der Waals surface area contributed by atoms with Gasteiger partial charge in [-0.3, -0.25) is 9.48 Å². The number of carbonyl (C=O) groups is 1. The van der Waals surface area contributed by atoms with Crippen molar-refractivity contribution in [2.75, 3.05) is 11.1 Å². The number of nitrogens with two attached hydrogens (primary N) is 1. The molecule has 3 N–H and O–H groups in total. The molecule has 1 aliphatic rings. The van der Waals surface area contributed by atoms with Gasteiger partial charge in [-0.25, -0.2) is 0 Å². The molecule has 16 heavy (non-hydrogen) atoms. The van der Waals surface area contributed by atoms with E-state index in [4.69, 9.17) is 5.73 Å². The van der Waals surface area contributed by atoms with Crippen LogP contribution in [-0.2, 0) is 11.8 Å². The summed E-state index contributed by atoms with van der Waals surface area (Å²) in [5.41, 5.74) is 7.14. The van der Waals surface area contributed by atoms with E-state index in [2.05, 4.69) is 10.4 Å². The summed E-state index contributed by atoms with van der Waals surface area (Å²) in [4.78, 5) is 11.7. The predicted octanol–water partition coefficient (Wildman–Crippen LogP) is 1.44. The average molecular weight is 222 g/mol. The summed E-state index contributed by atoms with van der Waals surface area (Å²) in [5, 5.41) is 6.99. The number of anilines is 2. The quantitative estimate of drug-likeness (QED) is 0.812. The van der Waals surface area contributed by atoms with Crippen LogP contribution in [-0.4, -0.2) is 15.7 Å². The molecule has 1 saturated carbocycles. The van der Waals surface area contributed by atoms with Gasteiger partial charge >= 0.3 is 0 Å². The zero-order valence-electron chi connectivity index (χ0n) is 9.79. The van der Waals surface area contributed by atoms with Crippen LogP contribution in [0.4, 0.5) is 11.5 Å². The van der Waals surface area contributed by atoms with Crippen molar-refractivity contribution < 1.29 is 4.79 Å². The first-order valence-corrected chi connectivity index (χ1v) is 5.67. The molecule has 0 saturated heterocycles. The number of nitrogen functional groups attached to an aromatic ring is 1. The maximum Gasteiger partial charge on any atom is 0.225 e. The number of rotatable bonds is 3. The fourth-order valence-electron chi connectivity index (χ4n) is 1.96. The smallest absolute Gasteiger partial charge is 0.225 e. The van der Waals surface area contributed by atoms with Gasteiger partial charge < -0.3 is 11.1 Å². The fraction of sp³-hybridized carbons (Fsp3) is 0.636. The molecule has 0 atom stereocenters. The Morgan fingerprint density at radius 3 is 2.75 bits per heavy atom. The molecule has 1 aromatic heterocycles. The first-order valence-electron chi connectivity index (χ1n) is 5.67. The highest BCUT2D eigenvalue weighted by Crippen LogP contribution is 2.30. The number of nitrogens with one attached hydrogen (secondary N) is 1. The molecule has 2 rings (SSSR count). The number of nitrogens with zero attached hydrogens (tertiary/aromatic N) is 2. The third kappa shape index (κ3) is 2.03. The molecule has 5 nitrogen and oxygen atoms in total. The van der Waals surface area contributed by atoms with Gasteiger partial charge in [0.05, 0.1) is 11.4 Å². The Balaban J connectivity index is 1.99. The molecule has 0 aliphatic heterocycles. The number of hydrogen-bond acceptors (Lipinski definition) is 3. The van der Waals surface area contributed by atoms with Gasteiger partial charge in [0, 0.05) is 13.5 Å². The number of aromatic nitrogens is 2. The van der Waals surface area contributed by atoms with E-state index in [1.54, 1.807) is 11.7 Å². The summed E-state index contributed by atoms with van der Waals surface area (Å²) in [5.74, 6) is 1.22. The minimum absolute atomic E-state index is 0.0411. The monoisotopic (exact) mass is 222 g/mol. The lowest BCUT2D eigenvalue weighted by atomic mass is 9.83. The molecular weight excluding hydrogens is 204 g/mol. The van der Waals surface area contributed by atoms with Gasteiger partial charge in [-0.2, -0.15) is 5.10 Å². The molecule has 0 radical (unpaired) electrons. The number of amides is 1. The highest BCUT2D eigenvalue weighted by atomic mass is 16.1. The van der Waals surface area contributed by atoms with Crippen molar-refractivity contribution in [1.82, 2.24) is 9.78 Å². The average Bonchev–Trinajstić information content (AvgIpc) is 2.39. The zero-order valence-corrected chi connectivity index (χ0v) is 9.79. The van der Waals surface area contributed by atoms with E-state index in [1.165, 1.54) is 19.3 Å². The maximum absolute atomic E-state index is 11.7. The molecule has 0 unspecified atom stereocenters. The maximum atomic E-state index is 11.7. The topological polar surface area (TPSA) is 72.9 Å². The summed E-state index contributed by atoms with van der Waals surface area (Å²) < 4.78 is 1.61. The van der Waals surface area contributed by atoms with E-state index in [9.17, 15) is 4.79 Å². The van der Waals surface area contributed by atoms with Crippen molar-refractivity contribution in [3.8, 4) is 0 Å². The zero-order chi connectivity index (χ0) is 11.7. The highest BCUT2D eigenvalue weighted by Gasteiger charge is 2.21. The molecule has 1 aromatic rings. The van der Waals surface area contributed by atoms with Gasteiger partial charge in [-0.1, -0.05) is 6.42 Å². The van der Waals surface area contributed by atoms with E-state index in [0.29, 0.717) is 23.8 Å². The van der Waals surface area contributed by atoms with Crippen LogP contribution in [0.3, 0.4) is 0 Å². The number of aryl methyl sites for hydroxylation is 2. The first kappa shape index (κ1) is 11.0. The lowest BCUT2D eigenvalue weighted by Crippen LogP contribution is -2.22. The van der Waals surface area contributed by atoms with Gasteiger partial charge in [-0.05, 0) is 25.7 Å². The summed E-state index contributed by atoms with van der Waals surface area (Å²) in [6, 6.07) is 0. The van der Waals surface area contributed by atoms with Crippen LogP contribution < -0.4 is 11.1 Å². The summed E-state index contributed by atoms with van der Waals surface area (Å²) in [7, 11) is 1.78. The van der Waals surface area contributed by atoms with Gasteiger partial charge in [0.1, 0.15) is 0 Å². The van der Waals surface area contributed by atoms with E-state index in [0.717, 1.165) is 5.69 Å². The van der Waals surface area contributed by atoms with Crippen LogP contribution >= 0.6 is 0 Å². The second-order valence-electron chi connectivity index (χ2n) is 4.52. The summed E-state index contributed by atoms with van der Waals surface area (Å²) in [6.07, 6.45) is 4.20. The van der Waals surface area contributed by atoms with E-state index >= 15 is 0 Å². The van der Waals surface area contributed by atoms with Crippen molar-refractivity contribution in [3.63, 3.8) is 0 Å². The van der Waals surface area contributed by atoms with Crippen molar-refractivity contribution in [1.29, 1.82) is 0 Å². The first-order chi connectivity index (χ1) is 7.58. The van der Waals surface area contributed by atoms with Crippen molar-refractivity contribution in [2.45, 2.75) is 32.6 Å². The molecule has 1 amide bonds. The second kappa shape index (κ2) is 4.15. The Bertz CT molecular complexity index is 406. The summed E-state index contributed by atoms with van der Waals surface area (Å²) in [6.45, 7) is 1.83. The van der Waals surface area contributed by atoms with Gasteiger partial charge in [-0.15, -0.1) is 0 Å². The molecule has 0 spiro atoms. The Labute approximate surface area is 95.0 Å². The fourth-order valence-corrected chi connectivity index (χ4v) is 1.96. The highest BCUT2D eigenvalue weighted by molar-refractivity contribution is 5.93. The Morgan fingerprint density at radius 2 is 2.31 bits per heavy atom. The second-order valence-corrected chi connectivity index (χ2v) is 4.52. The lowest BCUT2D eigenvalue weighted by molar-refractivity contribution is -0.117. The summed E-state index contributed by atoms with van der Waals surface area (Å²) >= 11 is 0. The third-order valence-corrected chi connectivity index (χ3v) is 3.23. The van der Waals surface area contributed by atoms with Crippen LogP contribution in [0.2, 0.25) is 0 Å². The van der Waals surface area contributed by atoms with Crippen LogP contribution in [0.1, 0.15) is 31.4 Å².